The van der Waals surface area contributed by atoms with Gasteiger partial charge in [-0.25, -0.2) is 9.59 Å². The van der Waals surface area contributed by atoms with E-state index >= 15 is 0 Å². The first kappa shape index (κ1) is 21.5. The molecular formula is C24H21ClO5S. The van der Waals surface area contributed by atoms with Gasteiger partial charge in [-0.15, -0.1) is 11.8 Å². The van der Waals surface area contributed by atoms with Crippen LogP contribution in [0.3, 0.4) is 0 Å². The van der Waals surface area contributed by atoms with Crippen molar-refractivity contribution in [2.45, 2.75) is 29.9 Å². The first-order chi connectivity index (χ1) is 15.0. The lowest BCUT2D eigenvalue weighted by Crippen LogP contribution is -2.24. The number of allylic oxidation sites excluding steroid dienone is 1. The maximum absolute atomic E-state index is 12.8. The number of cyclic esters (lactones) is 1. The number of carbonyl (C=O) groups excluding carboxylic acids is 2. The number of benzene rings is 2. The molecular weight excluding hydrogens is 436 g/mol. The average molecular weight is 457 g/mol. The lowest BCUT2D eigenvalue weighted by atomic mass is 9.77. The van der Waals surface area contributed by atoms with Gasteiger partial charge in [-0.2, -0.15) is 0 Å². The lowest BCUT2D eigenvalue weighted by molar-refractivity contribution is -0.139. The molecule has 2 aliphatic rings. The highest BCUT2D eigenvalue weighted by Gasteiger charge is 2.43. The summed E-state index contributed by atoms with van der Waals surface area (Å²) < 4.78 is 10.5. The Labute approximate surface area is 189 Å². The summed E-state index contributed by atoms with van der Waals surface area (Å²) in [5.41, 5.74) is 3.05. The summed E-state index contributed by atoms with van der Waals surface area (Å²) in [6, 6.07) is 15.2. The smallest absolute Gasteiger partial charge is 0.338 e. The molecule has 7 heteroatoms. The highest BCUT2D eigenvalue weighted by atomic mass is 35.5. The third-order valence-electron chi connectivity index (χ3n) is 5.26. The van der Waals surface area contributed by atoms with E-state index in [1.54, 1.807) is 18.7 Å². The SMILES string of the molecule is CCOC(=O)C1=C(O)CC2=C(C(=O)OC2)C1c1ccccc1SCc1cccc(Cl)c1. The summed E-state index contributed by atoms with van der Waals surface area (Å²) in [6.07, 6.45) is 0.115. The van der Waals surface area contributed by atoms with Crippen LogP contribution in [0.25, 0.3) is 0 Å². The van der Waals surface area contributed by atoms with E-state index in [1.165, 1.54) is 0 Å². The fourth-order valence-electron chi connectivity index (χ4n) is 3.92. The molecule has 0 aromatic heterocycles. The largest absolute Gasteiger partial charge is 0.511 e. The van der Waals surface area contributed by atoms with Crippen LogP contribution in [-0.2, 0) is 24.8 Å². The number of aliphatic hydroxyl groups excluding tert-OH is 1. The van der Waals surface area contributed by atoms with Crippen LogP contribution in [0.4, 0.5) is 0 Å². The molecule has 0 saturated heterocycles. The second kappa shape index (κ2) is 9.20. The fourth-order valence-corrected chi connectivity index (χ4v) is 5.16. The maximum atomic E-state index is 12.8. The topological polar surface area (TPSA) is 72.8 Å². The Morgan fingerprint density at radius 2 is 2.06 bits per heavy atom. The molecule has 160 valence electrons. The van der Waals surface area contributed by atoms with Gasteiger partial charge < -0.3 is 14.6 Å². The Bertz CT molecular complexity index is 1100. The molecule has 1 aliphatic carbocycles. The Balaban J connectivity index is 1.75. The van der Waals surface area contributed by atoms with E-state index < -0.39 is 17.9 Å². The number of thioether (sulfide) groups is 1. The van der Waals surface area contributed by atoms with Crippen molar-refractivity contribution in [3.05, 3.63) is 87.2 Å². The maximum Gasteiger partial charge on any atom is 0.338 e. The molecule has 0 fully saturated rings. The van der Waals surface area contributed by atoms with E-state index in [0.717, 1.165) is 16.0 Å². The van der Waals surface area contributed by atoms with Gasteiger partial charge in [0.2, 0.25) is 0 Å². The van der Waals surface area contributed by atoms with Crippen molar-refractivity contribution >= 4 is 35.3 Å². The van der Waals surface area contributed by atoms with Crippen LogP contribution < -0.4 is 0 Å². The first-order valence-corrected chi connectivity index (χ1v) is 11.3. The van der Waals surface area contributed by atoms with Crippen LogP contribution >= 0.6 is 23.4 Å². The second-order valence-electron chi connectivity index (χ2n) is 7.24. The molecule has 31 heavy (non-hydrogen) atoms. The van der Waals surface area contributed by atoms with Crippen molar-refractivity contribution in [2.75, 3.05) is 13.2 Å². The monoisotopic (exact) mass is 456 g/mol. The number of carbonyl (C=O) groups is 2. The minimum Gasteiger partial charge on any atom is -0.511 e. The third kappa shape index (κ3) is 4.36. The molecule has 0 saturated carbocycles. The predicted molar refractivity (Wildman–Crippen MR) is 119 cm³/mol. The zero-order valence-electron chi connectivity index (χ0n) is 16.9. The standard InChI is InChI=1S/C24H21ClO5S/c1-2-29-24(28)22-18(26)11-15-12-30-23(27)20(15)21(22)17-8-3-4-9-19(17)31-13-14-6-5-7-16(25)10-14/h3-10,21,26H,2,11-13H2,1H3. The normalized spacial score (nSPS) is 18.1. The van der Waals surface area contributed by atoms with Gasteiger partial charge in [0.05, 0.1) is 23.7 Å². The number of ether oxygens (including phenoxy) is 2. The van der Waals surface area contributed by atoms with Crippen LogP contribution in [0.2, 0.25) is 5.02 Å². The van der Waals surface area contributed by atoms with Crippen molar-refractivity contribution in [3.63, 3.8) is 0 Å². The summed E-state index contributed by atoms with van der Waals surface area (Å²) >= 11 is 7.68. The van der Waals surface area contributed by atoms with Gasteiger partial charge in [-0.3, -0.25) is 0 Å². The highest BCUT2D eigenvalue weighted by Crippen LogP contribution is 2.47. The van der Waals surface area contributed by atoms with Crippen molar-refractivity contribution in [2.24, 2.45) is 0 Å². The van der Waals surface area contributed by atoms with E-state index in [-0.39, 0.29) is 31.0 Å². The van der Waals surface area contributed by atoms with Gasteiger partial charge in [-0.05, 0) is 41.8 Å². The van der Waals surface area contributed by atoms with Crippen LogP contribution in [0.15, 0.2) is 75.9 Å². The molecule has 1 atom stereocenters. The Morgan fingerprint density at radius 1 is 1.26 bits per heavy atom. The number of aliphatic hydroxyl groups is 1. The molecule has 5 nitrogen and oxygen atoms in total. The van der Waals surface area contributed by atoms with Crippen molar-refractivity contribution in [1.29, 1.82) is 0 Å². The van der Waals surface area contributed by atoms with E-state index in [9.17, 15) is 14.7 Å². The van der Waals surface area contributed by atoms with Gasteiger partial charge in [0.15, 0.2) is 0 Å². The van der Waals surface area contributed by atoms with Crippen molar-refractivity contribution < 1.29 is 24.2 Å². The van der Waals surface area contributed by atoms with E-state index in [4.69, 9.17) is 21.1 Å². The van der Waals surface area contributed by atoms with E-state index in [1.807, 2.05) is 48.5 Å². The highest BCUT2D eigenvalue weighted by molar-refractivity contribution is 7.98. The third-order valence-corrected chi connectivity index (χ3v) is 6.65. The molecule has 2 aromatic carbocycles. The number of halogens is 1. The van der Waals surface area contributed by atoms with Gasteiger partial charge in [0, 0.05) is 22.1 Å². The Hall–Kier alpha value is -2.70. The van der Waals surface area contributed by atoms with Crippen LogP contribution in [0, 0.1) is 0 Å². The molecule has 1 unspecified atom stereocenters. The molecule has 2 aromatic rings. The zero-order chi connectivity index (χ0) is 22.0. The number of rotatable bonds is 6. The van der Waals surface area contributed by atoms with Gasteiger partial charge in [-0.1, -0.05) is 41.9 Å². The van der Waals surface area contributed by atoms with E-state index in [0.29, 0.717) is 21.9 Å². The predicted octanol–water partition coefficient (Wildman–Crippen LogP) is 5.35. The minimum absolute atomic E-state index is 0.0739. The van der Waals surface area contributed by atoms with Gasteiger partial charge in [0.25, 0.3) is 0 Å². The summed E-state index contributed by atoms with van der Waals surface area (Å²) in [5, 5.41) is 11.4. The first-order valence-electron chi connectivity index (χ1n) is 9.94. The van der Waals surface area contributed by atoms with Gasteiger partial charge >= 0.3 is 11.9 Å². The molecule has 0 bridgehead atoms. The Morgan fingerprint density at radius 3 is 2.84 bits per heavy atom. The molecule has 0 amide bonds. The summed E-state index contributed by atoms with van der Waals surface area (Å²) in [4.78, 5) is 26.3. The lowest BCUT2D eigenvalue weighted by Gasteiger charge is -2.27. The van der Waals surface area contributed by atoms with Crippen LogP contribution in [0.5, 0.6) is 0 Å². The van der Waals surface area contributed by atoms with Crippen molar-refractivity contribution in [1.82, 2.24) is 0 Å². The zero-order valence-corrected chi connectivity index (χ0v) is 18.5. The number of hydrogen-bond acceptors (Lipinski definition) is 6. The van der Waals surface area contributed by atoms with Gasteiger partial charge in [0.1, 0.15) is 12.4 Å². The fraction of sp³-hybridized carbons (Fsp3) is 0.250. The Kier molecular flexibility index (Phi) is 6.39. The molecule has 1 aliphatic heterocycles. The molecule has 0 radical (unpaired) electrons. The number of hydrogen-bond donors (Lipinski definition) is 1. The molecule has 4 rings (SSSR count). The molecule has 1 N–H and O–H groups in total. The van der Waals surface area contributed by atoms with E-state index in [2.05, 4.69) is 0 Å². The second-order valence-corrected chi connectivity index (χ2v) is 8.69. The summed E-state index contributed by atoms with van der Waals surface area (Å²) in [6.45, 7) is 2.00. The summed E-state index contributed by atoms with van der Waals surface area (Å²) in [5.74, 6) is -1.23. The molecule has 0 spiro atoms. The number of esters is 2. The van der Waals surface area contributed by atoms with Crippen molar-refractivity contribution in [3.8, 4) is 0 Å². The molecule has 1 heterocycles. The summed E-state index contributed by atoms with van der Waals surface area (Å²) in [7, 11) is 0. The quantitative estimate of drug-likeness (QED) is 0.466. The minimum atomic E-state index is -0.735. The average Bonchev–Trinajstić information content (AvgIpc) is 3.12. The van der Waals surface area contributed by atoms with Crippen LogP contribution in [0.1, 0.15) is 30.4 Å². The van der Waals surface area contributed by atoms with Crippen LogP contribution in [-0.4, -0.2) is 30.3 Å².